The van der Waals surface area contributed by atoms with E-state index >= 15 is 0 Å². The van der Waals surface area contributed by atoms with Crippen molar-refractivity contribution >= 4 is 23.0 Å². The SMILES string of the molecule is CCOC(=O)/C(=N\O)c1ccc(Cc2ccc(OC)cc2)s1. The highest BCUT2D eigenvalue weighted by molar-refractivity contribution is 7.15. The average molecular weight is 319 g/mol. The lowest BCUT2D eigenvalue weighted by atomic mass is 10.1. The summed E-state index contributed by atoms with van der Waals surface area (Å²) in [6.45, 7) is 1.94. The van der Waals surface area contributed by atoms with Gasteiger partial charge in [-0.15, -0.1) is 11.3 Å². The maximum Gasteiger partial charge on any atom is 0.361 e. The molecule has 0 spiro atoms. The maximum atomic E-state index is 11.7. The summed E-state index contributed by atoms with van der Waals surface area (Å²) in [6, 6.07) is 11.5. The third-order valence-electron chi connectivity index (χ3n) is 3.00. The second kappa shape index (κ2) is 7.61. The third kappa shape index (κ3) is 3.85. The summed E-state index contributed by atoms with van der Waals surface area (Å²) in [7, 11) is 1.63. The van der Waals surface area contributed by atoms with E-state index in [1.54, 1.807) is 20.1 Å². The van der Waals surface area contributed by atoms with Crippen LogP contribution in [0.4, 0.5) is 0 Å². The Hall–Kier alpha value is -2.34. The number of hydrogen-bond acceptors (Lipinski definition) is 6. The molecule has 0 bridgehead atoms. The van der Waals surface area contributed by atoms with E-state index in [1.165, 1.54) is 11.3 Å². The fraction of sp³-hybridized carbons (Fsp3) is 0.250. The molecule has 116 valence electrons. The Labute approximate surface area is 132 Å². The summed E-state index contributed by atoms with van der Waals surface area (Å²) in [5.41, 5.74) is 1.07. The highest BCUT2D eigenvalue weighted by Gasteiger charge is 2.18. The Morgan fingerprint density at radius 2 is 1.95 bits per heavy atom. The predicted octanol–water partition coefficient (Wildman–Crippen LogP) is 3.09. The molecule has 0 saturated carbocycles. The van der Waals surface area contributed by atoms with E-state index in [9.17, 15) is 4.79 Å². The number of esters is 1. The number of thiophene rings is 1. The Bertz CT molecular complexity index is 661. The minimum Gasteiger partial charge on any atom is -0.497 e. The zero-order valence-corrected chi connectivity index (χ0v) is 13.2. The normalized spacial score (nSPS) is 11.3. The first-order valence-corrected chi connectivity index (χ1v) is 7.60. The van der Waals surface area contributed by atoms with Crippen LogP contribution in [0.25, 0.3) is 0 Å². The monoisotopic (exact) mass is 319 g/mol. The molecule has 0 radical (unpaired) electrons. The van der Waals surface area contributed by atoms with E-state index in [4.69, 9.17) is 14.7 Å². The van der Waals surface area contributed by atoms with Crippen LogP contribution in [-0.4, -0.2) is 30.6 Å². The Balaban J connectivity index is 2.11. The predicted molar refractivity (Wildman–Crippen MR) is 85.1 cm³/mol. The minimum atomic E-state index is -0.622. The second-order valence-electron chi connectivity index (χ2n) is 4.46. The van der Waals surface area contributed by atoms with Gasteiger partial charge in [0.15, 0.2) is 0 Å². The second-order valence-corrected chi connectivity index (χ2v) is 5.63. The largest absolute Gasteiger partial charge is 0.497 e. The summed E-state index contributed by atoms with van der Waals surface area (Å²) in [4.78, 5) is 13.3. The van der Waals surface area contributed by atoms with Gasteiger partial charge in [-0.3, -0.25) is 0 Å². The zero-order chi connectivity index (χ0) is 15.9. The Kier molecular flexibility index (Phi) is 5.55. The zero-order valence-electron chi connectivity index (χ0n) is 12.4. The lowest BCUT2D eigenvalue weighted by Crippen LogP contribution is -2.17. The summed E-state index contributed by atoms with van der Waals surface area (Å²) in [6.07, 6.45) is 0.732. The molecule has 0 aliphatic rings. The molecule has 1 heterocycles. The maximum absolute atomic E-state index is 11.7. The van der Waals surface area contributed by atoms with E-state index in [0.717, 1.165) is 22.6 Å². The molecule has 5 nitrogen and oxygen atoms in total. The molecule has 1 aromatic carbocycles. The number of carbonyl (C=O) groups excluding carboxylic acids is 1. The number of oxime groups is 1. The van der Waals surface area contributed by atoms with Crippen molar-refractivity contribution in [2.75, 3.05) is 13.7 Å². The van der Waals surface area contributed by atoms with Gasteiger partial charge in [-0.25, -0.2) is 4.79 Å². The minimum absolute atomic E-state index is 0.0622. The van der Waals surface area contributed by atoms with Crippen molar-refractivity contribution in [3.05, 3.63) is 51.7 Å². The lowest BCUT2D eigenvalue weighted by Gasteiger charge is -2.02. The Morgan fingerprint density at radius 3 is 2.55 bits per heavy atom. The smallest absolute Gasteiger partial charge is 0.361 e. The number of nitrogens with zero attached hydrogens (tertiary/aromatic N) is 1. The highest BCUT2D eigenvalue weighted by Crippen LogP contribution is 2.22. The molecular weight excluding hydrogens is 302 g/mol. The summed E-state index contributed by atoms with van der Waals surface area (Å²) in [5, 5.41) is 12.1. The first-order chi connectivity index (χ1) is 10.7. The molecule has 0 fully saturated rings. The van der Waals surface area contributed by atoms with Crippen molar-refractivity contribution in [1.29, 1.82) is 0 Å². The summed E-state index contributed by atoms with van der Waals surface area (Å²) in [5.74, 6) is 0.190. The molecule has 0 aliphatic heterocycles. The van der Waals surface area contributed by atoms with Gasteiger partial charge in [0.25, 0.3) is 0 Å². The van der Waals surface area contributed by atoms with Crippen LogP contribution in [0.3, 0.4) is 0 Å². The van der Waals surface area contributed by atoms with Crippen LogP contribution in [0.2, 0.25) is 0 Å². The van der Waals surface area contributed by atoms with Gasteiger partial charge in [-0.2, -0.15) is 0 Å². The van der Waals surface area contributed by atoms with Crippen molar-refractivity contribution in [3.63, 3.8) is 0 Å². The van der Waals surface area contributed by atoms with E-state index in [1.807, 2.05) is 30.3 Å². The molecular formula is C16H17NO4S. The molecule has 6 heteroatoms. The average Bonchev–Trinajstić information content (AvgIpc) is 2.97. The van der Waals surface area contributed by atoms with Gasteiger partial charge < -0.3 is 14.7 Å². The van der Waals surface area contributed by atoms with Gasteiger partial charge in [0.05, 0.1) is 18.6 Å². The van der Waals surface area contributed by atoms with Crippen LogP contribution < -0.4 is 4.74 Å². The third-order valence-corrected chi connectivity index (χ3v) is 4.09. The molecule has 0 unspecified atom stereocenters. The van der Waals surface area contributed by atoms with Crippen molar-refractivity contribution in [3.8, 4) is 5.75 Å². The lowest BCUT2D eigenvalue weighted by molar-refractivity contribution is -0.135. The first kappa shape index (κ1) is 16.0. The van der Waals surface area contributed by atoms with Crippen molar-refractivity contribution in [2.24, 2.45) is 5.16 Å². The number of carbonyl (C=O) groups is 1. The van der Waals surface area contributed by atoms with Crippen LogP contribution in [0.5, 0.6) is 5.75 Å². The summed E-state index contributed by atoms with van der Waals surface area (Å²) < 4.78 is 9.99. The highest BCUT2D eigenvalue weighted by atomic mass is 32.1. The van der Waals surface area contributed by atoms with Gasteiger partial charge >= 0.3 is 5.97 Å². The van der Waals surface area contributed by atoms with E-state index in [2.05, 4.69) is 5.16 Å². The number of hydrogen-bond donors (Lipinski definition) is 1. The van der Waals surface area contributed by atoms with E-state index < -0.39 is 5.97 Å². The van der Waals surface area contributed by atoms with E-state index in [0.29, 0.717) is 4.88 Å². The van der Waals surface area contributed by atoms with Crippen LogP contribution in [0.1, 0.15) is 22.2 Å². The molecule has 0 saturated heterocycles. The quantitative estimate of drug-likeness (QED) is 0.384. The van der Waals surface area contributed by atoms with Gasteiger partial charge in [0.2, 0.25) is 5.71 Å². The standard InChI is InChI=1S/C16H17NO4S/c1-3-21-16(18)15(17-19)14-9-8-13(22-14)10-11-4-6-12(20-2)7-5-11/h4-9,19H,3,10H2,1-2H3/b17-15-. The van der Waals surface area contributed by atoms with E-state index in [-0.39, 0.29) is 12.3 Å². The number of rotatable bonds is 6. The number of methoxy groups -OCH3 is 1. The molecule has 22 heavy (non-hydrogen) atoms. The molecule has 2 aromatic rings. The topological polar surface area (TPSA) is 68.1 Å². The van der Waals surface area contributed by atoms with Crippen LogP contribution in [0.15, 0.2) is 41.6 Å². The van der Waals surface area contributed by atoms with Gasteiger partial charge in [-0.05, 0) is 36.8 Å². The number of benzene rings is 1. The molecule has 2 rings (SSSR count). The van der Waals surface area contributed by atoms with Gasteiger partial charge in [0.1, 0.15) is 5.75 Å². The van der Waals surface area contributed by atoms with Crippen LogP contribution in [-0.2, 0) is 16.0 Å². The number of ether oxygens (including phenoxy) is 2. The van der Waals surface area contributed by atoms with Gasteiger partial charge in [0, 0.05) is 11.3 Å². The fourth-order valence-electron chi connectivity index (χ4n) is 1.93. The van der Waals surface area contributed by atoms with Crippen LogP contribution in [0, 0.1) is 0 Å². The molecule has 0 amide bonds. The molecule has 1 aromatic heterocycles. The van der Waals surface area contributed by atoms with Gasteiger partial charge in [-0.1, -0.05) is 17.3 Å². The molecule has 0 aliphatic carbocycles. The molecule has 1 N–H and O–H groups in total. The fourth-order valence-corrected chi connectivity index (χ4v) is 2.95. The van der Waals surface area contributed by atoms with Crippen molar-refractivity contribution in [2.45, 2.75) is 13.3 Å². The Morgan fingerprint density at radius 1 is 1.23 bits per heavy atom. The molecule has 0 atom stereocenters. The van der Waals surface area contributed by atoms with Crippen LogP contribution >= 0.6 is 11.3 Å². The van der Waals surface area contributed by atoms with Crippen molar-refractivity contribution in [1.82, 2.24) is 0 Å². The van der Waals surface area contributed by atoms with Crippen molar-refractivity contribution < 1.29 is 19.5 Å². The summed E-state index contributed by atoms with van der Waals surface area (Å²) >= 11 is 1.40. The first-order valence-electron chi connectivity index (χ1n) is 6.79.